The molecule has 3 aromatic carbocycles. The molecule has 0 saturated carbocycles. The van der Waals surface area contributed by atoms with Crippen LogP contribution in [-0.2, 0) is 9.59 Å². The van der Waals surface area contributed by atoms with Crippen LogP contribution in [0.3, 0.4) is 0 Å². The maximum absolute atomic E-state index is 12.5. The molecular weight excluding hydrogens is 502 g/mol. The number of piperazine rings is 1. The highest BCUT2D eigenvalue weighted by molar-refractivity contribution is 7.99. The summed E-state index contributed by atoms with van der Waals surface area (Å²) in [4.78, 5) is 30.7. The topological polar surface area (TPSA) is 113 Å². The van der Waals surface area contributed by atoms with Crippen molar-refractivity contribution in [1.82, 2.24) is 4.90 Å². The maximum atomic E-state index is 12.5. The Bertz CT molecular complexity index is 1350. The van der Waals surface area contributed by atoms with Gasteiger partial charge in [-0.3, -0.25) is 4.79 Å². The molecule has 3 unspecified atom stereocenters. The molecule has 8 nitrogen and oxygen atoms in total. The van der Waals surface area contributed by atoms with E-state index in [0.29, 0.717) is 16.8 Å². The minimum Gasteiger partial charge on any atom is -0.481 e. The molecule has 5 rings (SSSR count). The molecule has 0 aliphatic carbocycles. The molecule has 0 amide bonds. The first kappa shape index (κ1) is 26.1. The number of carboxylic acids is 2. The van der Waals surface area contributed by atoms with Crippen LogP contribution in [0.5, 0.6) is 0 Å². The standard InChI is InChI=1S/C29H31N3O5S/c1-17(18-7-9-19(10-8-18)32-15-13-31(2)14-16-32)20-11-12-23-26(30-21-5-3-4-6-22(21)38-23)24(20)25(28(34)35)27(33)29(36)37/h3-12,17,25,27,30,33H,13-16H2,1-2H3,(H,34,35)(H,36,37). The Morgan fingerprint density at radius 2 is 1.58 bits per heavy atom. The van der Waals surface area contributed by atoms with Gasteiger partial charge in [0.1, 0.15) is 5.92 Å². The van der Waals surface area contributed by atoms with Gasteiger partial charge in [0.2, 0.25) is 0 Å². The number of aliphatic hydroxyl groups excluding tert-OH is 1. The van der Waals surface area contributed by atoms with Gasteiger partial charge in [-0.15, -0.1) is 0 Å². The molecule has 2 aliphatic rings. The molecule has 1 saturated heterocycles. The third-order valence-electron chi connectivity index (χ3n) is 7.48. The molecule has 3 atom stereocenters. The largest absolute Gasteiger partial charge is 0.481 e. The van der Waals surface area contributed by atoms with Crippen molar-refractivity contribution >= 4 is 40.8 Å². The number of nitrogens with zero attached hydrogens (tertiary/aromatic N) is 2. The number of benzene rings is 3. The van der Waals surface area contributed by atoms with Crippen LogP contribution in [0.4, 0.5) is 17.1 Å². The zero-order valence-corrected chi connectivity index (χ0v) is 22.1. The second kappa shape index (κ2) is 10.7. The van der Waals surface area contributed by atoms with Crippen LogP contribution in [0, 0.1) is 0 Å². The lowest BCUT2D eigenvalue weighted by molar-refractivity contribution is -0.155. The first-order chi connectivity index (χ1) is 18.2. The number of aliphatic carboxylic acids is 2. The number of likely N-dealkylation sites (N-methyl/N-ethyl adjacent to an activating group) is 1. The van der Waals surface area contributed by atoms with Crippen molar-refractivity contribution in [2.45, 2.75) is 34.7 Å². The van der Waals surface area contributed by atoms with Gasteiger partial charge in [0.05, 0.1) is 11.4 Å². The Morgan fingerprint density at radius 1 is 0.895 bits per heavy atom. The lowest BCUT2D eigenvalue weighted by Gasteiger charge is -2.34. The Labute approximate surface area is 225 Å². The summed E-state index contributed by atoms with van der Waals surface area (Å²) < 4.78 is 0. The zero-order chi connectivity index (χ0) is 27.0. The Kier molecular flexibility index (Phi) is 7.34. The number of para-hydroxylation sites is 1. The first-order valence-electron chi connectivity index (χ1n) is 12.6. The van der Waals surface area contributed by atoms with Crippen molar-refractivity contribution in [1.29, 1.82) is 0 Å². The maximum Gasteiger partial charge on any atom is 0.333 e. The second-order valence-corrected chi connectivity index (χ2v) is 11.0. The molecule has 9 heteroatoms. The molecule has 198 valence electrons. The molecule has 2 aliphatic heterocycles. The monoisotopic (exact) mass is 533 g/mol. The number of hydrogen-bond donors (Lipinski definition) is 4. The van der Waals surface area contributed by atoms with Gasteiger partial charge in [-0.25, -0.2) is 4.79 Å². The van der Waals surface area contributed by atoms with Crippen molar-refractivity contribution in [3.05, 3.63) is 77.4 Å². The summed E-state index contributed by atoms with van der Waals surface area (Å²) in [7, 11) is 2.12. The average Bonchev–Trinajstić information content (AvgIpc) is 2.92. The summed E-state index contributed by atoms with van der Waals surface area (Å²) in [5, 5.41) is 33.6. The highest BCUT2D eigenvalue weighted by Gasteiger charge is 2.39. The van der Waals surface area contributed by atoms with Gasteiger partial charge in [0, 0.05) is 47.6 Å². The fraction of sp³-hybridized carbons (Fsp3) is 0.310. The van der Waals surface area contributed by atoms with Crippen LogP contribution in [0.25, 0.3) is 0 Å². The summed E-state index contributed by atoms with van der Waals surface area (Å²) in [5.41, 5.74) is 4.40. The van der Waals surface area contributed by atoms with Gasteiger partial charge in [-0.1, -0.05) is 49.0 Å². The smallest absolute Gasteiger partial charge is 0.333 e. The van der Waals surface area contributed by atoms with Gasteiger partial charge in [0.25, 0.3) is 0 Å². The zero-order valence-electron chi connectivity index (χ0n) is 21.3. The molecule has 0 aromatic heterocycles. The lowest BCUT2D eigenvalue weighted by atomic mass is 9.81. The van der Waals surface area contributed by atoms with E-state index in [9.17, 15) is 24.9 Å². The van der Waals surface area contributed by atoms with Gasteiger partial charge in [-0.2, -0.15) is 0 Å². The van der Waals surface area contributed by atoms with Gasteiger partial charge < -0.3 is 30.4 Å². The summed E-state index contributed by atoms with van der Waals surface area (Å²) >= 11 is 1.49. The molecule has 4 N–H and O–H groups in total. The average molecular weight is 534 g/mol. The van der Waals surface area contributed by atoms with E-state index in [0.717, 1.165) is 52.9 Å². The molecule has 3 aromatic rings. The third kappa shape index (κ3) is 4.97. The number of hydrogen-bond acceptors (Lipinski definition) is 7. The van der Waals surface area contributed by atoms with E-state index in [1.165, 1.54) is 11.8 Å². The number of rotatable bonds is 7. The first-order valence-corrected chi connectivity index (χ1v) is 13.4. The summed E-state index contributed by atoms with van der Waals surface area (Å²) in [5.74, 6) is -4.86. The van der Waals surface area contributed by atoms with E-state index in [2.05, 4.69) is 34.3 Å². The minimum absolute atomic E-state index is 0.247. The normalized spacial score (nSPS) is 17.5. The number of fused-ring (bicyclic) bond motifs is 2. The van der Waals surface area contributed by atoms with E-state index < -0.39 is 24.0 Å². The second-order valence-electron chi connectivity index (χ2n) is 9.87. The molecule has 1 fully saturated rings. The van der Waals surface area contributed by atoms with Crippen LogP contribution >= 0.6 is 11.8 Å². The third-order valence-corrected chi connectivity index (χ3v) is 8.62. The number of carboxylic acid groups (broad SMARTS) is 2. The lowest BCUT2D eigenvalue weighted by Crippen LogP contribution is -2.44. The number of carbonyl (C=O) groups is 2. The Balaban J connectivity index is 1.56. The van der Waals surface area contributed by atoms with Crippen molar-refractivity contribution < 1.29 is 24.9 Å². The van der Waals surface area contributed by atoms with Gasteiger partial charge in [-0.05, 0) is 54.1 Å². The van der Waals surface area contributed by atoms with Crippen LogP contribution in [0.15, 0.2) is 70.5 Å². The summed E-state index contributed by atoms with van der Waals surface area (Å²) in [6.45, 7) is 5.91. The van der Waals surface area contributed by atoms with Crippen molar-refractivity contribution in [3.63, 3.8) is 0 Å². The predicted molar refractivity (Wildman–Crippen MR) is 148 cm³/mol. The number of anilines is 3. The molecule has 2 heterocycles. The van der Waals surface area contributed by atoms with E-state index in [4.69, 9.17) is 0 Å². The SMILES string of the molecule is CC(c1ccc(N2CCN(C)CC2)cc1)c1ccc2c(c1C(C(=O)O)C(O)C(=O)O)Nc1ccccc1S2. The van der Waals surface area contributed by atoms with Crippen molar-refractivity contribution in [3.8, 4) is 0 Å². The van der Waals surface area contributed by atoms with Gasteiger partial charge in [0.15, 0.2) is 6.10 Å². The quantitative estimate of drug-likeness (QED) is 0.274. The molecule has 0 bridgehead atoms. The van der Waals surface area contributed by atoms with Crippen LogP contribution in [0.1, 0.15) is 35.4 Å². The van der Waals surface area contributed by atoms with Crippen molar-refractivity contribution in [2.24, 2.45) is 0 Å². The molecule has 0 radical (unpaired) electrons. The highest BCUT2D eigenvalue weighted by Crippen LogP contribution is 2.50. The van der Waals surface area contributed by atoms with E-state index in [1.54, 1.807) is 0 Å². The highest BCUT2D eigenvalue weighted by atomic mass is 32.2. The van der Waals surface area contributed by atoms with Crippen LogP contribution in [-0.4, -0.2) is 71.5 Å². The Morgan fingerprint density at radius 3 is 2.24 bits per heavy atom. The van der Waals surface area contributed by atoms with E-state index >= 15 is 0 Å². The molecule has 38 heavy (non-hydrogen) atoms. The Hall–Kier alpha value is -3.53. The summed E-state index contributed by atoms with van der Waals surface area (Å²) in [6.07, 6.45) is -2.10. The van der Waals surface area contributed by atoms with Crippen LogP contribution in [0.2, 0.25) is 0 Å². The van der Waals surface area contributed by atoms with E-state index in [-0.39, 0.29) is 5.92 Å². The van der Waals surface area contributed by atoms with Crippen molar-refractivity contribution in [2.75, 3.05) is 43.4 Å². The van der Waals surface area contributed by atoms with Crippen LogP contribution < -0.4 is 10.2 Å². The van der Waals surface area contributed by atoms with Gasteiger partial charge >= 0.3 is 11.9 Å². The predicted octanol–water partition coefficient (Wildman–Crippen LogP) is 4.41. The minimum atomic E-state index is -2.10. The number of aliphatic hydroxyl groups is 1. The fourth-order valence-electron chi connectivity index (χ4n) is 5.23. The van der Waals surface area contributed by atoms with E-state index in [1.807, 2.05) is 55.5 Å². The fourth-order valence-corrected chi connectivity index (χ4v) is 6.24. The number of nitrogens with one attached hydrogen (secondary N) is 1. The molecular formula is C29H31N3O5S. The summed E-state index contributed by atoms with van der Waals surface area (Å²) in [6, 6.07) is 19.7. The molecule has 0 spiro atoms.